The number of ether oxygens (including phenoxy) is 3. The minimum atomic E-state index is -0.418. The summed E-state index contributed by atoms with van der Waals surface area (Å²) in [6, 6.07) is 16.2. The number of alkyl halides is 1. The van der Waals surface area contributed by atoms with E-state index in [0.717, 1.165) is 47.4 Å². The molecule has 6 nitrogen and oxygen atoms in total. The van der Waals surface area contributed by atoms with Gasteiger partial charge in [0.05, 0.1) is 38.0 Å². The molecule has 0 unspecified atom stereocenters. The highest BCUT2D eigenvalue weighted by Gasteiger charge is 2.30. The molecule has 4 aromatic rings. The van der Waals surface area contributed by atoms with Crippen LogP contribution in [0.1, 0.15) is 39.0 Å². The number of thiophene rings is 1. The molecule has 0 bridgehead atoms. The Kier molecular flexibility index (Phi) is 7.65. The van der Waals surface area contributed by atoms with Gasteiger partial charge in [0.1, 0.15) is 4.83 Å². The highest BCUT2D eigenvalue weighted by Crippen LogP contribution is 2.44. The molecule has 0 saturated heterocycles. The molecule has 0 N–H and O–H groups in total. The van der Waals surface area contributed by atoms with Gasteiger partial charge in [-0.05, 0) is 42.2 Å². The van der Waals surface area contributed by atoms with Crippen LogP contribution in [-0.2, 0) is 30.1 Å². The third kappa shape index (κ3) is 4.91. The molecule has 37 heavy (non-hydrogen) atoms. The molecule has 0 radical (unpaired) electrons. The molecule has 0 atom stereocenters. The second-order valence-electron chi connectivity index (χ2n) is 8.86. The van der Waals surface area contributed by atoms with Crippen molar-refractivity contribution in [2.24, 2.45) is 0 Å². The van der Waals surface area contributed by atoms with Crippen molar-refractivity contribution in [3.8, 4) is 22.6 Å². The maximum absolute atomic E-state index is 13.3. The lowest BCUT2D eigenvalue weighted by Crippen LogP contribution is -2.29. The van der Waals surface area contributed by atoms with Crippen LogP contribution >= 0.6 is 22.9 Å². The number of fused-ring (bicyclic) bond motifs is 3. The zero-order chi connectivity index (χ0) is 25.9. The second-order valence-corrected chi connectivity index (χ2v) is 10.2. The predicted molar refractivity (Wildman–Crippen MR) is 148 cm³/mol. The minimum absolute atomic E-state index is 0.104. The van der Waals surface area contributed by atoms with Gasteiger partial charge in [0.2, 0.25) is 0 Å². The van der Waals surface area contributed by atoms with Crippen molar-refractivity contribution in [2.75, 3.05) is 27.4 Å². The SMILES string of the molecule is CCOC(=O)c1c(CCl)nc2sc3c(c2c1-c1ccc(OC)c(OC)c1)CCN(Cc1ccccc1)C3. The van der Waals surface area contributed by atoms with E-state index in [4.69, 9.17) is 30.8 Å². The lowest BCUT2D eigenvalue weighted by atomic mass is 9.91. The molecule has 0 fully saturated rings. The Morgan fingerprint density at radius 2 is 1.89 bits per heavy atom. The fourth-order valence-corrected chi connectivity index (χ4v) is 6.49. The van der Waals surface area contributed by atoms with Crippen molar-refractivity contribution in [3.05, 3.63) is 75.8 Å². The monoisotopic (exact) mass is 536 g/mol. The molecule has 0 spiro atoms. The van der Waals surface area contributed by atoms with Crippen molar-refractivity contribution < 1.29 is 19.0 Å². The van der Waals surface area contributed by atoms with Gasteiger partial charge >= 0.3 is 5.97 Å². The molecule has 2 aromatic carbocycles. The number of hydrogen-bond donors (Lipinski definition) is 0. The van der Waals surface area contributed by atoms with Crippen molar-refractivity contribution >= 4 is 39.1 Å². The summed E-state index contributed by atoms with van der Waals surface area (Å²) in [7, 11) is 3.21. The Bertz CT molecular complexity index is 1440. The van der Waals surface area contributed by atoms with Crippen LogP contribution in [0.3, 0.4) is 0 Å². The number of aromatic nitrogens is 1. The van der Waals surface area contributed by atoms with Crippen LogP contribution in [0.5, 0.6) is 11.5 Å². The molecule has 0 aliphatic carbocycles. The Labute approximate surface area is 225 Å². The molecule has 3 heterocycles. The van der Waals surface area contributed by atoms with Crippen LogP contribution in [-0.4, -0.2) is 43.2 Å². The van der Waals surface area contributed by atoms with Crippen LogP contribution in [0, 0.1) is 0 Å². The number of nitrogens with zero attached hydrogens (tertiary/aromatic N) is 2. The van der Waals surface area contributed by atoms with E-state index in [1.165, 1.54) is 16.0 Å². The van der Waals surface area contributed by atoms with E-state index in [1.807, 2.05) is 24.3 Å². The normalized spacial score (nSPS) is 13.4. The minimum Gasteiger partial charge on any atom is -0.493 e. The van der Waals surface area contributed by atoms with E-state index in [9.17, 15) is 4.79 Å². The molecule has 2 aromatic heterocycles. The zero-order valence-corrected chi connectivity index (χ0v) is 22.7. The number of rotatable bonds is 8. The van der Waals surface area contributed by atoms with Crippen molar-refractivity contribution in [1.29, 1.82) is 0 Å². The number of carbonyl (C=O) groups excluding carboxylic acids is 1. The fourth-order valence-electron chi connectivity index (χ4n) is 5.00. The number of methoxy groups -OCH3 is 2. The zero-order valence-electron chi connectivity index (χ0n) is 21.2. The summed E-state index contributed by atoms with van der Waals surface area (Å²) in [6.45, 7) is 4.71. The largest absolute Gasteiger partial charge is 0.493 e. The molecule has 1 aliphatic heterocycles. The Morgan fingerprint density at radius 3 is 2.59 bits per heavy atom. The first-order chi connectivity index (χ1) is 18.1. The van der Waals surface area contributed by atoms with Crippen molar-refractivity contribution in [1.82, 2.24) is 9.88 Å². The summed E-state index contributed by atoms with van der Waals surface area (Å²) in [5.74, 6) is 0.896. The van der Waals surface area contributed by atoms with Gasteiger partial charge in [-0.3, -0.25) is 4.90 Å². The van der Waals surface area contributed by atoms with Crippen LogP contribution in [0.15, 0.2) is 48.5 Å². The van der Waals surface area contributed by atoms with Gasteiger partial charge in [0.15, 0.2) is 11.5 Å². The van der Waals surface area contributed by atoms with Crippen LogP contribution in [0.4, 0.5) is 0 Å². The molecule has 5 rings (SSSR count). The van der Waals surface area contributed by atoms with E-state index in [-0.39, 0.29) is 12.5 Å². The third-order valence-electron chi connectivity index (χ3n) is 6.67. The fraction of sp³-hybridized carbons (Fsp3) is 0.310. The standard InChI is InChI=1S/C29H29ClN2O4S/c1-4-36-29(33)27-21(15-30)31-28-26(25(27)19-10-11-22(34-2)23(14-19)35-3)20-12-13-32(17-24(20)37-28)16-18-8-6-5-7-9-18/h5-11,14H,4,12-13,15-17H2,1-3H3. The average Bonchev–Trinajstić information content (AvgIpc) is 3.29. The van der Waals surface area contributed by atoms with Crippen LogP contribution in [0.25, 0.3) is 21.3 Å². The third-order valence-corrected chi connectivity index (χ3v) is 8.03. The molecule has 8 heteroatoms. The smallest absolute Gasteiger partial charge is 0.340 e. The number of hydrogen-bond acceptors (Lipinski definition) is 7. The summed E-state index contributed by atoms with van der Waals surface area (Å²) in [4.78, 5) is 22.8. The lowest BCUT2D eigenvalue weighted by molar-refractivity contribution is 0.0526. The van der Waals surface area contributed by atoms with Crippen LogP contribution < -0.4 is 9.47 Å². The Balaban J connectivity index is 1.69. The summed E-state index contributed by atoms with van der Waals surface area (Å²) in [5, 5.41) is 1.00. The first-order valence-electron chi connectivity index (χ1n) is 12.3. The lowest BCUT2D eigenvalue weighted by Gasteiger charge is -2.27. The molecular formula is C29H29ClN2O4S. The van der Waals surface area contributed by atoms with E-state index < -0.39 is 5.97 Å². The van der Waals surface area contributed by atoms with Crippen molar-refractivity contribution in [3.63, 3.8) is 0 Å². The maximum Gasteiger partial charge on any atom is 0.340 e. The molecule has 0 amide bonds. The number of esters is 1. The molecule has 192 valence electrons. The van der Waals surface area contributed by atoms with Gasteiger partial charge in [-0.2, -0.15) is 0 Å². The van der Waals surface area contributed by atoms with Gasteiger partial charge in [-0.1, -0.05) is 36.4 Å². The average molecular weight is 537 g/mol. The van der Waals surface area contributed by atoms with E-state index in [2.05, 4.69) is 29.2 Å². The highest BCUT2D eigenvalue weighted by molar-refractivity contribution is 7.19. The number of pyridine rings is 1. The summed E-state index contributed by atoms with van der Waals surface area (Å²) in [6.07, 6.45) is 0.868. The van der Waals surface area contributed by atoms with Gasteiger partial charge in [0, 0.05) is 35.5 Å². The van der Waals surface area contributed by atoms with Gasteiger partial charge in [0.25, 0.3) is 0 Å². The topological polar surface area (TPSA) is 60.9 Å². The van der Waals surface area contributed by atoms with E-state index in [0.29, 0.717) is 22.8 Å². The molecule has 0 saturated carbocycles. The molecular weight excluding hydrogens is 508 g/mol. The van der Waals surface area contributed by atoms with E-state index in [1.54, 1.807) is 32.5 Å². The Hall–Kier alpha value is -3.13. The number of halogens is 1. The number of carbonyl (C=O) groups is 1. The first-order valence-corrected chi connectivity index (χ1v) is 13.6. The first kappa shape index (κ1) is 25.5. The summed E-state index contributed by atoms with van der Waals surface area (Å²) in [5.41, 5.74) is 5.13. The Morgan fingerprint density at radius 1 is 1.11 bits per heavy atom. The maximum atomic E-state index is 13.3. The van der Waals surface area contributed by atoms with Gasteiger partial charge < -0.3 is 14.2 Å². The summed E-state index contributed by atoms with van der Waals surface area (Å²) < 4.78 is 16.5. The predicted octanol–water partition coefficient (Wildman–Crippen LogP) is 6.45. The van der Waals surface area contributed by atoms with E-state index >= 15 is 0 Å². The number of benzene rings is 2. The quantitative estimate of drug-likeness (QED) is 0.190. The second kappa shape index (κ2) is 11.1. The van der Waals surface area contributed by atoms with Gasteiger partial charge in [-0.25, -0.2) is 9.78 Å². The summed E-state index contributed by atoms with van der Waals surface area (Å²) >= 11 is 8.05. The van der Waals surface area contributed by atoms with Gasteiger partial charge in [-0.15, -0.1) is 22.9 Å². The van der Waals surface area contributed by atoms with Crippen molar-refractivity contribution in [2.45, 2.75) is 32.3 Å². The highest BCUT2D eigenvalue weighted by atomic mass is 35.5. The molecule has 1 aliphatic rings. The van der Waals surface area contributed by atoms with Crippen LogP contribution in [0.2, 0.25) is 0 Å².